The summed E-state index contributed by atoms with van der Waals surface area (Å²) in [4.78, 5) is 11.7. The van der Waals surface area contributed by atoms with Crippen LogP contribution in [0.3, 0.4) is 0 Å². The number of benzene rings is 1. The zero-order valence-electron chi connectivity index (χ0n) is 9.63. The van der Waals surface area contributed by atoms with Gasteiger partial charge in [-0.05, 0) is 18.6 Å². The topological polar surface area (TPSA) is 52.3 Å². The third-order valence-electron chi connectivity index (χ3n) is 2.25. The second kappa shape index (κ2) is 6.72. The maximum absolute atomic E-state index is 11.7. The van der Waals surface area contributed by atoms with Gasteiger partial charge in [0.25, 0.3) is 0 Å². The van der Waals surface area contributed by atoms with Gasteiger partial charge in [0.1, 0.15) is 0 Å². The summed E-state index contributed by atoms with van der Waals surface area (Å²) in [5.41, 5.74) is 6.20. The van der Waals surface area contributed by atoms with E-state index in [9.17, 15) is 4.79 Å². The van der Waals surface area contributed by atoms with Gasteiger partial charge in [0.15, 0.2) is 0 Å². The molecule has 17 heavy (non-hydrogen) atoms. The Labute approximate surface area is 111 Å². The van der Waals surface area contributed by atoms with Gasteiger partial charge in [0, 0.05) is 5.69 Å². The van der Waals surface area contributed by atoms with E-state index in [4.69, 9.17) is 33.7 Å². The molecule has 0 fully saturated rings. The van der Waals surface area contributed by atoms with Crippen molar-refractivity contribution in [2.45, 2.75) is 26.2 Å². The minimum atomic E-state index is -0.486. The molecule has 94 valence electrons. The third kappa shape index (κ3) is 4.10. The first-order valence-electron chi connectivity index (χ1n) is 5.48. The summed E-state index contributed by atoms with van der Waals surface area (Å²) in [7, 11) is 0. The van der Waals surface area contributed by atoms with Crippen LogP contribution < -0.4 is 5.73 Å². The molecule has 0 aromatic heterocycles. The minimum absolute atomic E-state index is 0.182. The van der Waals surface area contributed by atoms with Crippen molar-refractivity contribution in [2.24, 2.45) is 0 Å². The molecule has 0 aliphatic carbocycles. The van der Waals surface area contributed by atoms with Crippen LogP contribution in [0.5, 0.6) is 0 Å². The Balaban J connectivity index is 2.69. The average molecular weight is 276 g/mol. The molecule has 0 aliphatic heterocycles. The first-order valence-corrected chi connectivity index (χ1v) is 6.23. The van der Waals surface area contributed by atoms with Gasteiger partial charge < -0.3 is 10.5 Å². The molecule has 0 heterocycles. The van der Waals surface area contributed by atoms with E-state index in [1.54, 1.807) is 0 Å². The standard InChI is InChI=1S/C12H15Cl2NO2/c1-2-3-4-5-17-12(16)9-6-8(15)7-10(13)11(9)14/h6-7H,2-5,15H2,1H3. The predicted octanol–water partition coefficient (Wildman–Crippen LogP) is 3.92. The summed E-state index contributed by atoms with van der Waals surface area (Å²) in [5, 5.41) is 0.438. The fourth-order valence-corrected chi connectivity index (χ4v) is 1.77. The van der Waals surface area contributed by atoms with E-state index in [1.165, 1.54) is 12.1 Å². The molecule has 0 atom stereocenters. The van der Waals surface area contributed by atoms with Crippen LogP contribution in [0.4, 0.5) is 5.69 Å². The lowest BCUT2D eigenvalue weighted by Crippen LogP contribution is -2.08. The predicted molar refractivity (Wildman–Crippen MR) is 70.7 cm³/mol. The van der Waals surface area contributed by atoms with Crippen LogP contribution in [-0.4, -0.2) is 12.6 Å². The second-order valence-corrected chi connectivity index (χ2v) is 4.49. The Morgan fingerprint density at radius 3 is 2.71 bits per heavy atom. The van der Waals surface area contributed by atoms with E-state index in [-0.39, 0.29) is 15.6 Å². The normalized spacial score (nSPS) is 10.3. The fraction of sp³-hybridized carbons (Fsp3) is 0.417. The van der Waals surface area contributed by atoms with Gasteiger partial charge >= 0.3 is 5.97 Å². The van der Waals surface area contributed by atoms with E-state index < -0.39 is 5.97 Å². The van der Waals surface area contributed by atoms with Crippen LogP contribution in [-0.2, 0) is 4.74 Å². The zero-order valence-corrected chi connectivity index (χ0v) is 11.1. The number of hydrogen-bond donors (Lipinski definition) is 1. The van der Waals surface area contributed by atoms with Crippen molar-refractivity contribution in [1.29, 1.82) is 0 Å². The van der Waals surface area contributed by atoms with Crippen LogP contribution in [0.15, 0.2) is 12.1 Å². The smallest absolute Gasteiger partial charge is 0.339 e. The zero-order chi connectivity index (χ0) is 12.8. The first-order chi connectivity index (χ1) is 8.06. The lowest BCUT2D eigenvalue weighted by Gasteiger charge is -2.08. The van der Waals surface area contributed by atoms with Crippen LogP contribution >= 0.6 is 23.2 Å². The van der Waals surface area contributed by atoms with Gasteiger partial charge in [-0.2, -0.15) is 0 Å². The Hall–Kier alpha value is -0.930. The van der Waals surface area contributed by atoms with E-state index in [0.29, 0.717) is 12.3 Å². The molecule has 0 saturated heterocycles. The number of nitrogens with two attached hydrogens (primary N) is 1. The van der Waals surface area contributed by atoms with Crippen molar-refractivity contribution in [3.05, 3.63) is 27.7 Å². The van der Waals surface area contributed by atoms with Gasteiger partial charge in [-0.25, -0.2) is 4.79 Å². The summed E-state index contributed by atoms with van der Waals surface area (Å²) in [6.45, 7) is 2.46. The largest absolute Gasteiger partial charge is 0.462 e. The van der Waals surface area contributed by atoms with Crippen molar-refractivity contribution in [3.8, 4) is 0 Å². The molecule has 0 aliphatic rings. The summed E-state index contributed by atoms with van der Waals surface area (Å²) in [6, 6.07) is 2.97. The van der Waals surface area contributed by atoms with Crippen molar-refractivity contribution in [3.63, 3.8) is 0 Å². The highest BCUT2D eigenvalue weighted by molar-refractivity contribution is 6.44. The number of rotatable bonds is 5. The molecule has 3 nitrogen and oxygen atoms in total. The van der Waals surface area contributed by atoms with Crippen molar-refractivity contribution in [1.82, 2.24) is 0 Å². The molecule has 0 saturated carbocycles. The summed E-state index contributed by atoms with van der Waals surface area (Å²) in [5.74, 6) is -0.486. The molecular weight excluding hydrogens is 261 g/mol. The highest BCUT2D eigenvalue weighted by Gasteiger charge is 2.15. The highest BCUT2D eigenvalue weighted by Crippen LogP contribution is 2.29. The number of nitrogen functional groups attached to an aromatic ring is 1. The second-order valence-electron chi connectivity index (χ2n) is 3.71. The number of carbonyl (C=O) groups is 1. The molecule has 0 radical (unpaired) electrons. The summed E-state index contributed by atoms with van der Waals surface area (Å²) >= 11 is 11.7. The maximum atomic E-state index is 11.7. The molecule has 1 aromatic carbocycles. The quantitative estimate of drug-likeness (QED) is 0.503. The number of esters is 1. The van der Waals surface area contributed by atoms with Crippen molar-refractivity contribution < 1.29 is 9.53 Å². The molecule has 0 amide bonds. The SMILES string of the molecule is CCCCCOC(=O)c1cc(N)cc(Cl)c1Cl. The lowest BCUT2D eigenvalue weighted by atomic mass is 10.2. The highest BCUT2D eigenvalue weighted by atomic mass is 35.5. The van der Waals surface area contributed by atoms with E-state index in [1.807, 2.05) is 0 Å². The third-order valence-corrected chi connectivity index (χ3v) is 3.05. The molecule has 2 N–H and O–H groups in total. The van der Waals surface area contributed by atoms with Gasteiger partial charge in [-0.3, -0.25) is 0 Å². The van der Waals surface area contributed by atoms with Crippen LogP contribution in [0.2, 0.25) is 10.0 Å². The molecule has 1 rings (SSSR count). The Kier molecular flexibility index (Phi) is 5.59. The Morgan fingerprint density at radius 2 is 2.06 bits per heavy atom. The number of unbranched alkanes of at least 4 members (excludes halogenated alkanes) is 2. The van der Waals surface area contributed by atoms with Crippen LogP contribution in [0, 0.1) is 0 Å². The molecule has 0 bridgehead atoms. The molecule has 1 aromatic rings. The number of anilines is 1. The number of hydrogen-bond acceptors (Lipinski definition) is 3. The number of halogens is 2. The molecule has 0 unspecified atom stereocenters. The van der Waals surface area contributed by atoms with Gasteiger partial charge in [-0.1, -0.05) is 43.0 Å². The van der Waals surface area contributed by atoms with Crippen molar-refractivity contribution >= 4 is 34.9 Å². The monoisotopic (exact) mass is 275 g/mol. The maximum Gasteiger partial charge on any atom is 0.339 e. The van der Waals surface area contributed by atoms with Gasteiger partial charge in [0.05, 0.1) is 22.2 Å². The van der Waals surface area contributed by atoms with E-state index >= 15 is 0 Å². The Bertz CT molecular complexity index is 408. The summed E-state index contributed by atoms with van der Waals surface area (Å²) < 4.78 is 5.08. The average Bonchev–Trinajstić information content (AvgIpc) is 2.29. The number of ether oxygens (including phenoxy) is 1. The molecule has 0 spiro atoms. The molecule has 5 heteroatoms. The number of carbonyl (C=O) groups excluding carboxylic acids is 1. The summed E-state index contributed by atoms with van der Waals surface area (Å²) in [6.07, 6.45) is 2.94. The van der Waals surface area contributed by atoms with E-state index in [0.717, 1.165) is 19.3 Å². The Morgan fingerprint density at radius 1 is 1.35 bits per heavy atom. The van der Waals surface area contributed by atoms with Crippen LogP contribution in [0.1, 0.15) is 36.5 Å². The fourth-order valence-electron chi connectivity index (χ4n) is 1.35. The van der Waals surface area contributed by atoms with Gasteiger partial charge in [-0.15, -0.1) is 0 Å². The van der Waals surface area contributed by atoms with Crippen LogP contribution in [0.25, 0.3) is 0 Å². The van der Waals surface area contributed by atoms with Crippen molar-refractivity contribution in [2.75, 3.05) is 12.3 Å². The first kappa shape index (κ1) is 14.1. The molecular formula is C12H15Cl2NO2. The minimum Gasteiger partial charge on any atom is -0.462 e. The van der Waals surface area contributed by atoms with E-state index in [2.05, 4.69) is 6.92 Å². The lowest BCUT2D eigenvalue weighted by molar-refractivity contribution is 0.0498. The van der Waals surface area contributed by atoms with Gasteiger partial charge in [0.2, 0.25) is 0 Å².